The molecule has 1 aliphatic heterocycles. The third-order valence-electron chi connectivity index (χ3n) is 2.71. The smallest absolute Gasteiger partial charge is 0.308 e. The van der Waals surface area contributed by atoms with Crippen molar-refractivity contribution < 1.29 is 9.53 Å². The maximum Gasteiger partial charge on any atom is 0.308 e. The summed E-state index contributed by atoms with van der Waals surface area (Å²) in [6.45, 7) is 7.04. The van der Waals surface area contributed by atoms with Crippen molar-refractivity contribution in [3.8, 4) is 0 Å². The maximum atomic E-state index is 11.9. The number of nitrogens with one attached hydrogen (secondary N) is 1. The van der Waals surface area contributed by atoms with Crippen LogP contribution < -0.4 is 5.32 Å². The van der Waals surface area contributed by atoms with Crippen molar-refractivity contribution in [3.05, 3.63) is 12.7 Å². The number of carbonyl (C=O) groups is 1. The van der Waals surface area contributed by atoms with E-state index in [1.54, 1.807) is 11.0 Å². The summed E-state index contributed by atoms with van der Waals surface area (Å²) in [6.07, 6.45) is 3.45. The molecule has 1 aliphatic rings. The van der Waals surface area contributed by atoms with E-state index in [1.165, 1.54) is 6.33 Å². The Morgan fingerprint density at radius 2 is 2.24 bits per heavy atom. The topological polar surface area (TPSA) is 69.0 Å². The van der Waals surface area contributed by atoms with Gasteiger partial charge in [0, 0.05) is 13.1 Å². The third kappa shape index (κ3) is 2.63. The number of hydrogen-bond acceptors (Lipinski definition) is 5. The van der Waals surface area contributed by atoms with E-state index in [1.807, 2.05) is 20.8 Å². The van der Waals surface area contributed by atoms with E-state index >= 15 is 0 Å². The van der Waals surface area contributed by atoms with Gasteiger partial charge in [-0.15, -0.1) is 0 Å². The Morgan fingerprint density at radius 3 is 2.65 bits per heavy atom. The normalized spacial score (nSPS) is 18.5. The average Bonchev–Trinajstić information content (AvgIpc) is 2.60. The van der Waals surface area contributed by atoms with Gasteiger partial charge in [-0.05, 0) is 20.8 Å². The molecule has 0 unspecified atom stereocenters. The fourth-order valence-corrected chi connectivity index (χ4v) is 1.88. The molecule has 2 rings (SSSR count). The van der Waals surface area contributed by atoms with Gasteiger partial charge in [0.05, 0.1) is 12.0 Å². The quantitative estimate of drug-likeness (QED) is 0.767. The monoisotopic (exact) mass is 238 g/mol. The summed E-state index contributed by atoms with van der Waals surface area (Å²) in [6, 6.07) is 0. The first kappa shape index (κ1) is 12.0. The molecule has 0 bridgehead atoms. The molecule has 17 heavy (non-hydrogen) atoms. The summed E-state index contributed by atoms with van der Waals surface area (Å²) in [5, 5.41) is 7.28. The van der Waals surface area contributed by atoms with E-state index in [9.17, 15) is 4.79 Å². The molecule has 0 saturated carbocycles. The molecule has 1 N–H and O–H groups in total. The van der Waals surface area contributed by atoms with Crippen LogP contribution in [0.3, 0.4) is 0 Å². The molecule has 0 aromatic carbocycles. The Bertz CT molecular complexity index is 390. The fourth-order valence-electron chi connectivity index (χ4n) is 1.88. The van der Waals surface area contributed by atoms with Crippen molar-refractivity contribution in [1.29, 1.82) is 0 Å². The molecule has 1 aromatic heterocycles. The summed E-state index contributed by atoms with van der Waals surface area (Å²) in [5.41, 5.74) is -0.753. The predicted molar refractivity (Wildman–Crippen MR) is 61.3 cm³/mol. The van der Waals surface area contributed by atoms with Crippen LogP contribution in [0.2, 0.25) is 0 Å². The van der Waals surface area contributed by atoms with E-state index in [-0.39, 0.29) is 11.5 Å². The van der Waals surface area contributed by atoms with Crippen LogP contribution in [-0.2, 0) is 15.1 Å². The molecule has 1 fully saturated rings. The van der Waals surface area contributed by atoms with Crippen molar-refractivity contribution in [2.24, 2.45) is 0 Å². The van der Waals surface area contributed by atoms with Gasteiger partial charge in [0.15, 0.2) is 0 Å². The van der Waals surface area contributed by atoms with Gasteiger partial charge in [0.25, 0.3) is 0 Å². The highest BCUT2D eigenvalue weighted by Crippen LogP contribution is 2.26. The Hall–Kier alpha value is -1.43. The Balaban J connectivity index is 2.04. The second-order valence-electron chi connectivity index (χ2n) is 5.43. The number of hydrogen-bond donors (Lipinski definition) is 1. The highest BCUT2D eigenvalue weighted by molar-refractivity contribution is 5.71. The van der Waals surface area contributed by atoms with Gasteiger partial charge in [0.2, 0.25) is 0 Å². The van der Waals surface area contributed by atoms with E-state index in [2.05, 4.69) is 15.4 Å². The number of rotatable bonds is 3. The standard InChI is InChI=1S/C11H18N4O2/c1-10(2,3)17-9(16)4-11(5-12-6-11)15-8-13-7-14-15/h7-8,12H,4-6H2,1-3H3. The summed E-state index contributed by atoms with van der Waals surface area (Å²) in [5.74, 6) is -0.200. The predicted octanol–water partition coefficient (Wildman–Crippen LogP) is 0.308. The van der Waals surface area contributed by atoms with Gasteiger partial charge < -0.3 is 10.1 Å². The van der Waals surface area contributed by atoms with E-state index in [0.29, 0.717) is 6.42 Å². The minimum absolute atomic E-state index is 0.200. The lowest BCUT2D eigenvalue weighted by Gasteiger charge is -2.42. The molecule has 94 valence electrons. The molecule has 0 amide bonds. The number of esters is 1. The zero-order chi connectivity index (χ0) is 12.5. The summed E-state index contributed by atoms with van der Waals surface area (Å²) < 4.78 is 7.08. The van der Waals surface area contributed by atoms with Crippen LogP contribution in [0.1, 0.15) is 27.2 Å². The molecule has 0 aliphatic carbocycles. The fraction of sp³-hybridized carbons (Fsp3) is 0.727. The largest absolute Gasteiger partial charge is 0.460 e. The average molecular weight is 238 g/mol. The minimum atomic E-state index is -0.447. The first-order valence-corrected chi connectivity index (χ1v) is 5.69. The molecule has 6 heteroatoms. The van der Waals surface area contributed by atoms with E-state index in [4.69, 9.17) is 4.74 Å². The number of carbonyl (C=O) groups excluding carboxylic acids is 1. The van der Waals surface area contributed by atoms with Crippen LogP contribution in [-0.4, -0.2) is 39.4 Å². The molecule has 1 saturated heterocycles. The highest BCUT2D eigenvalue weighted by atomic mass is 16.6. The minimum Gasteiger partial charge on any atom is -0.460 e. The lowest BCUT2D eigenvalue weighted by Crippen LogP contribution is -2.61. The second-order valence-corrected chi connectivity index (χ2v) is 5.43. The second kappa shape index (κ2) is 4.10. The molecule has 0 spiro atoms. The number of nitrogens with zero attached hydrogens (tertiary/aromatic N) is 3. The molecule has 1 aromatic rings. The first-order valence-electron chi connectivity index (χ1n) is 5.69. The summed E-state index contributed by atoms with van der Waals surface area (Å²) >= 11 is 0. The first-order chi connectivity index (χ1) is 7.91. The van der Waals surface area contributed by atoms with Crippen LogP contribution in [0.25, 0.3) is 0 Å². The van der Waals surface area contributed by atoms with Crippen molar-refractivity contribution in [3.63, 3.8) is 0 Å². The Kier molecular flexibility index (Phi) is 2.91. The van der Waals surface area contributed by atoms with Gasteiger partial charge in [-0.3, -0.25) is 4.79 Å². The van der Waals surface area contributed by atoms with E-state index < -0.39 is 5.60 Å². The Morgan fingerprint density at radius 1 is 1.53 bits per heavy atom. The van der Waals surface area contributed by atoms with Gasteiger partial charge in [-0.2, -0.15) is 5.10 Å². The van der Waals surface area contributed by atoms with Crippen molar-refractivity contribution in [2.75, 3.05) is 13.1 Å². The van der Waals surface area contributed by atoms with Crippen molar-refractivity contribution in [2.45, 2.75) is 38.3 Å². The van der Waals surface area contributed by atoms with Crippen LogP contribution in [0.5, 0.6) is 0 Å². The van der Waals surface area contributed by atoms with Gasteiger partial charge in [0.1, 0.15) is 18.3 Å². The molecular formula is C11H18N4O2. The maximum absolute atomic E-state index is 11.9. The molecule has 6 nitrogen and oxygen atoms in total. The van der Waals surface area contributed by atoms with Crippen LogP contribution in [0.4, 0.5) is 0 Å². The van der Waals surface area contributed by atoms with Crippen LogP contribution in [0, 0.1) is 0 Å². The zero-order valence-electron chi connectivity index (χ0n) is 10.4. The van der Waals surface area contributed by atoms with Crippen molar-refractivity contribution in [1.82, 2.24) is 20.1 Å². The van der Waals surface area contributed by atoms with Crippen LogP contribution in [0.15, 0.2) is 12.7 Å². The lowest BCUT2D eigenvalue weighted by atomic mass is 9.89. The summed E-state index contributed by atoms with van der Waals surface area (Å²) in [4.78, 5) is 15.8. The molecule has 2 heterocycles. The molecular weight excluding hydrogens is 220 g/mol. The summed E-state index contributed by atoms with van der Waals surface area (Å²) in [7, 11) is 0. The number of ether oxygens (including phenoxy) is 1. The Labute approximate surface area is 100 Å². The van der Waals surface area contributed by atoms with Crippen molar-refractivity contribution >= 4 is 5.97 Å². The van der Waals surface area contributed by atoms with Crippen LogP contribution >= 0.6 is 0 Å². The lowest BCUT2D eigenvalue weighted by molar-refractivity contribution is -0.158. The zero-order valence-corrected chi connectivity index (χ0v) is 10.4. The number of aromatic nitrogens is 3. The van der Waals surface area contributed by atoms with Gasteiger partial charge in [-0.25, -0.2) is 9.67 Å². The third-order valence-corrected chi connectivity index (χ3v) is 2.71. The van der Waals surface area contributed by atoms with E-state index in [0.717, 1.165) is 13.1 Å². The highest BCUT2D eigenvalue weighted by Gasteiger charge is 2.42. The molecule has 0 radical (unpaired) electrons. The van der Waals surface area contributed by atoms with Gasteiger partial charge >= 0.3 is 5.97 Å². The SMILES string of the molecule is CC(C)(C)OC(=O)CC1(n2cncn2)CNC1. The molecule has 0 atom stereocenters. The van der Waals surface area contributed by atoms with Gasteiger partial charge in [-0.1, -0.05) is 0 Å².